The Bertz CT molecular complexity index is 599. The number of amides is 1. The van der Waals surface area contributed by atoms with Crippen LogP contribution in [0.1, 0.15) is 15.9 Å². The minimum Gasteiger partial charge on any atom is -0.506 e. The van der Waals surface area contributed by atoms with E-state index in [1.807, 2.05) is 25.1 Å². The number of carbonyl (C=O) groups excluding carboxylic acids is 1. The zero-order valence-corrected chi connectivity index (χ0v) is 11.8. The summed E-state index contributed by atoms with van der Waals surface area (Å²) in [7, 11) is 0. The molecule has 1 heterocycles. The minimum absolute atomic E-state index is 0.0259. The van der Waals surface area contributed by atoms with Gasteiger partial charge in [0.25, 0.3) is 5.91 Å². The van der Waals surface area contributed by atoms with E-state index in [0.717, 1.165) is 14.8 Å². The molecule has 0 radical (unpaired) electrons. The Hall–Kier alpha value is -1.63. The molecule has 18 heavy (non-hydrogen) atoms. The average Bonchev–Trinajstić information content (AvgIpc) is 2.34. The molecule has 5 heteroatoms. The summed E-state index contributed by atoms with van der Waals surface area (Å²) in [5, 5.41) is 12.1. The van der Waals surface area contributed by atoms with Crippen molar-refractivity contribution in [2.75, 3.05) is 5.32 Å². The number of aryl methyl sites for hydroxylation is 1. The zero-order chi connectivity index (χ0) is 13.1. The highest BCUT2D eigenvalue weighted by molar-refractivity contribution is 14.1. The number of nitrogens with one attached hydrogen (secondary N) is 1. The van der Waals surface area contributed by atoms with Crippen molar-refractivity contribution in [3.63, 3.8) is 0 Å². The van der Waals surface area contributed by atoms with E-state index in [9.17, 15) is 9.90 Å². The van der Waals surface area contributed by atoms with Crippen molar-refractivity contribution in [2.24, 2.45) is 0 Å². The normalized spacial score (nSPS) is 10.1. The summed E-state index contributed by atoms with van der Waals surface area (Å²) in [5.74, 6) is -0.314. The topological polar surface area (TPSA) is 62.2 Å². The second-order valence-corrected chi connectivity index (χ2v) is 5.09. The monoisotopic (exact) mass is 354 g/mol. The van der Waals surface area contributed by atoms with Gasteiger partial charge < -0.3 is 10.4 Å². The molecule has 2 rings (SSSR count). The van der Waals surface area contributed by atoms with E-state index in [4.69, 9.17) is 0 Å². The Morgan fingerprint density at radius 3 is 2.83 bits per heavy atom. The molecule has 2 aromatic rings. The highest BCUT2D eigenvalue weighted by Crippen LogP contribution is 2.19. The van der Waals surface area contributed by atoms with Gasteiger partial charge in [0.05, 0.1) is 11.8 Å². The summed E-state index contributed by atoms with van der Waals surface area (Å²) < 4.78 is 1.04. The largest absolute Gasteiger partial charge is 0.506 e. The van der Waals surface area contributed by atoms with Crippen molar-refractivity contribution >= 4 is 34.2 Å². The number of hydrogen-bond donors (Lipinski definition) is 2. The van der Waals surface area contributed by atoms with Gasteiger partial charge in [0.1, 0.15) is 5.75 Å². The molecule has 0 bridgehead atoms. The molecule has 0 aliphatic heterocycles. The van der Waals surface area contributed by atoms with Gasteiger partial charge >= 0.3 is 0 Å². The Morgan fingerprint density at radius 1 is 1.33 bits per heavy atom. The van der Waals surface area contributed by atoms with Crippen LogP contribution in [0.25, 0.3) is 0 Å². The van der Waals surface area contributed by atoms with Gasteiger partial charge in [0.15, 0.2) is 0 Å². The molecular weight excluding hydrogens is 343 g/mol. The van der Waals surface area contributed by atoms with Crippen molar-refractivity contribution < 1.29 is 9.90 Å². The van der Waals surface area contributed by atoms with E-state index < -0.39 is 0 Å². The number of rotatable bonds is 2. The van der Waals surface area contributed by atoms with Gasteiger partial charge in [-0.2, -0.15) is 0 Å². The minimum atomic E-state index is -0.288. The zero-order valence-electron chi connectivity index (χ0n) is 9.64. The highest BCUT2D eigenvalue weighted by Gasteiger charge is 2.09. The van der Waals surface area contributed by atoms with Crippen LogP contribution < -0.4 is 5.32 Å². The number of halogens is 1. The Balaban J connectivity index is 2.24. The van der Waals surface area contributed by atoms with Gasteiger partial charge in [0, 0.05) is 15.5 Å². The molecule has 92 valence electrons. The molecule has 0 saturated heterocycles. The number of carbonyl (C=O) groups is 1. The number of pyridine rings is 1. The fourth-order valence-corrected chi connectivity index (χ4v) is 1.97. The molecule has 0 atom stereocenters. The van der Waals surface area contributed by atoms with Crippen LogP contribution in [0.15, 0.2) is 36.7 Å². The molecule has 4 nitrogen and oxygen atoms in total. The predicted molar refractivity (Wildman–Crippen MR) is 77.8 cm³/mol. The first-order valence-electron chi connectivity index (χ1n) is 5.28. The number of nitrogens with zero attached hydrogens (tertiary/aromatic N) is 1. The fraction of sp³-hybridized carbons (Fsp3) is 0.0769. The highest BCUT2D eigenvalue weighted by atomic mass is 127. The lowest BCUT2D eigenvalue weighted by Gasteiger charge is -2.08. The summed E-state index contributed by atoms with van der Waals surface area (Å²) in [6.45, 7) is 1.92. The third-order valence-electron chi connectivity index (χ3n) is 2.43. The van der Waals surface area contributed by atoms with Crippen molar-refractivity contribution in [3.05, 3.63) is 51.4 Å². The standard InChI is InChI=1S/C13H11IN2O2/c1-8-2-3-10(14)5-12(8)16-13(18)9-4-11(17)7-15-6-9/h2-7,17H,1H3,(H,16,18). The van der Waals surface area contributed by atoms with E-state index >= 15 is 0 Å². The van der Waals surface area contributed by atoms with Gasteiger partial charge in [-0.25, -0.2) is 0 Å². The van der Waals surface area contributed by atoms with Gasteiger partial charge in [0.2, 0.25) is 0 Å². The van der Waals surface area contributed by atoms with Crippen molar-refractivity contribution in [1.82, 2.24) is 4.98 Å². The van der Waals surface area contributed by atoms with Crippen LogP contribution >= 0.6 is 22.6 Å². The van der Waals surface area contributed by atoms with Crippen molar-refractivity contribution in [2.45, 2.75) is 6.92 Å². The molecule has 0 fully saturated rings. The molecule has 0 unspecified atom stereocenters. The average molecular weight is 354 g/mol. The Kier molecular flexibility index (Phi) is 3.81. The van der Waals surface area contributed by atoms with Crippen LogP contribution in [0.4, 0.5) is 5.69 Å². The third-order valence-corrected chi connectivity index (χ3v) is 3.10. The van der Waals surface area contributed by atoms with Crippen molar-refractivity contribution in [1.29, 1.82) is 0 Å². The van der Waals surface area contributed by atoms with E-state index in [0.29, 0.717) is 5.56 Å². The first-order chi connectivity index (χ1) is 8.56. The molecule has 0 spiro atoms. The van der Waals surface area contributed by atoms with Crippen LogP contribution in [0.3, 0.4) is 0 Å². The first kappa shape index (κ1) is 12.8. The molecule has 2 N–H and O–H groups in total. The lowest BCUT2D eigenvalue weighted by atomic mass is 10.2. The number of hydrogen-bond acceptors (Lipinski definition) is 3. The van der Waals surface area contributed by atoms with Gasteiger partial charge in [-0.05, 0) is 53.3 Å². The van der Waals surface area contributed by atoms with Crippen LogP contribution in [0.5, 0.6) is 5.75 Å². The molecular formula is C13H11IN2O2. The Labute approximate surface area is 118 Å². The van der Waals surface area contributed by atoms with E-state index in [1.165, 1.54) is 18.5 Å². The maximum atomic E-state index is 12.0. The number of aromatic nitrogens is 1. The molecule has 1 aromatic heterocycles. The van der Waals surface area contributed by atoms with Crippen LogP contribution in [0, 0.1) is 10.5 Å². The molecule has 0 aliphatic rings. The summed E-state index contributed by atoms with van der Waals surface area (Å²) in [6.07, 6.45) is 2.70. The third kappa shape index (κ3) is 2.98. The van der Waals surface area contributed by atoms with E-state index in [2.05, 4.69) is 32.9 Å². The van der Waals surface area contributed by atoms with Crippen LogP contribution in [0.2, 0.25) is 0 Å². The summed E-state index contributed by atoms with van der Waals surface area (Å²) in [6, 6.07) is 7.19. The fourth-order valence-electron chi connectivity index (χ4n) is 1.48. The number of anilines is 1. The quantitative estimate of drug-likeness (QED) is 0.816. The molecule has 0 aliphatic carbocycles. The maximum absolute atomic E-state index is 12.0. The molecule has 0 saturated carbocycles. The van der Waals surface area contributed by atoms with Gasteiger partial charge in [-0.15, -0.1) is 0 Å². The second-order valence-electron chi connectivity index (χ2n) is 3.85. The summed E-state index contributed by atoms with van der Waals surface area (Å²) in [4.78, 5) is 15.7. The molecule has 1 amide bonds. The Morgan fingerprint density at radius 2 is 2.11 bits per heavy atom. The SMILES string of the molecule is Cc1ccc(I)cc1NC(=O)c1cncc(O)c1. The number of benzene rings is 1. The predicted octanol–water partition coefficient (Wildman–Crippen LogP) is 2.95. The molecule has 1 aromatic carbocycles. The van der Waals surface area contributed by atoms with Crippen molar-refractivity contribution in [3.8, 4) is 5.75 Å². The number of aromatic hydroxyl groups is 1. The van der Waals surface area contributed by atoms with Gasteiger partial charge in [-0.3, -0.25) is 9.78 Å². The second kappa shape index (κ2) is 5.34. The smallest absolute Gasteiger partial charge is 0.257 e. The summed E-state index contributed by atoms with van der Waals surface area (Å²) in [5.41, 5.74) is 2.07. The lowest BCUT2D eigenvalue weighted by molar-refractivity contribution is 0.102. The van der Waals surface area contributed by atoms with E-state index in [1.54, 1.807) is 0 Å². The maximum Gasteiger partial charge on any atom is 0.257 e. The lowest BCUT2D eigenvalue weighted by Crippen LogP contribution is -2.13. The van der Waals surface area contributed by atoms with E-state index in [-0.39, 0.29) is 11.7 Å². The van der Waals surface area contributed by atoms with Crippen LogP contribution in [-0.2, 0) is 0 Å². The van der Waals surface area contributed by atoms with Crippen LogP contribution in [-0.4, -0.2) is 16.0 Å². The first-order valence-corrected chi connectivity index (χ1v) is 6.35. The summed E-state index contributed by atoms with van der Waals surface area (Å²) >= 11 is 2.19. The van der Waals surface area contributed by atoms with Gasteiger partial charge in [-0.1, -0.05) is 6.07 Å².